The number of nitro benzene ring substituents is 1. The molecule has 1 aromatic rings. The van der Waals surface area contributed by atoms with Crippen LogP contribution in [0.5, 0.6) is 5.75 Å². The standard InChI is InChI=1S/C18H24N2O4/c1-11(2)24-16-10-14(12(3)9-15(16)20(21)22)18(5-6-18)17-13(4)19-7-8-23-17/h9-11,17,19H,4-8H2,1-3H3. The fourth-order valence-corrected chi connectivity index (χ4v) is 3.58. The molecule has 0 amide bonds. The summed E-state index contributed by atoms with van der Waals surface area (Å²) in [6.07, 6.45) is 1.74. The molecule has 1 aliphatic carbocycles. The summed E-state index contributed by atoms with van der Waals surface area (Å²) in [5.41, 5.74) is 2.72. The van der Waals surface area contributed by atoms with Gasteiger partial charge >= 0.3 is 5.69 Å². The van der Waals surface area contributed by atoms with Gasteiger partial charge in [0.25, 0.3) is 0 Å². The van der Waals surface area contributed by atoms with E-state index < -0.39 is 0 Å². The maximum atomic E-state index is 11.4. The van der Waals surface area contributed by atoms with Crippen LogP contribution in [-0.4, -0.2) is 30.3 Å². The first-order valence-corrected chi connectivity index (χ1v) is 8.35. The molecule has 1 atom stereocenters. The molecule has 2 fully saturated rings. The van der Waals surface area contributed by atoms with Gasteiger partial charge in [0.15, 0.2) is 5.75 Å². The lowest BCUT2D eigenvalue weighted by Crippen LogP contribution is -2.43. The fourth-order valence-electron chi connectivity index (χ4n) is 3.58. The molecular weight excluding hydrogens is 308 g/mol. The van der Waals surface area contributed by atoms with Gasteiger partial charge in [-0.1, -0.05) is 6.58 Å². The molecule has 1 saturated carbocycles. The molecule has 0 radical (unpaired) electrons. The Kier molecular flexibility index (Phi) is 4.25. The summed E-state index contributed by atoms with van der Waals surface area (Å²) in [4.78, 5) is 11.0. The summed E-state index contributed by atoms with van der Waals surface area (Å²) in [5.74, 6) is 0.330. The molecule has 0 bridgehead atoms. The molecule has 1 aliphatic heterocycles. The Morgan fingerprint density at radius 1 is 1.46 bits per heavy atom. The van der Waals surface area contributed by atoms with E-state index >= 15 is 0 Å². The predicted octanol–water partition coefficient (Wildman–Crippen LogP) is 3.22. The van der Waals surface area contributed by atoms with Gasteiger partial charge in [-0.25, -0.2) is 0 Å². The van der Waals surface area contributed by atoms with Crippen LogP contribution in [0.25, 0.3) is 0 Å². The van der Waals surface area contributed by atoms with Crippen molar-refractivity contribution in [1.82, 2.24) is 5.32 Å². The molecule has 1 unspecified atom stereocenters. The lowest BCUT2D eigenvalue weighted by atomic mass is 9.84. The van der Waals surface area contributed by atoms with Crippen LogP contribution in [0.1, 0.15) is 37.8 Å². The molecule has 1 heterocycles. The van der Waals surface area contributed by atoms with Crippen molar-refractivity contribution in [2.24, 2.45) is 0 Å². The second kappa shape index (κ2) is 6.09. The predicted molar refractivity (Wildman–Crippen MR) is 91.4 cm³/mol. The van der Waals surface area contributed by atoms with E-state index in [4.69, 9.17) is 9.47 Å². The quantitative estimate of drug-likeness (QED) is 0.662. The Hall–Kier alpha value is -2.08. The fraction of sp³-hybridized carbons (Fsp3) is 0.556. The number of morpholine rings is 1. The summed E-state index contributed by atoms with van der Waals surface area (Å²) in [6, 6.07) is 3.46. The number of rotatable bonds is 5. The van der Waals surface area contributed by atoms with Crippen molar-refractivity contribution in [2.75, 3.05) is 13.2 Å². The minimum Gasteiger partial charge on any atom is -0.484 e. The lowest BCUT2D eigenvalue weighted by Gasteiger charge is -2.34. The Bertz CT molecular complexity index is 680. The molecule has 1 aromatic carbocycles. The van der Waals surface area contributed by atoms with Crippen molar-refractivity contribution in [2.45, 2.75) is 51.2 Å². The average molecular weight is 332 g/mol. The van der Waals surface area contributed by atoms with Crippen LogP contribution in [0.4, 0.5) is 5.69 Å². The first-order valence-electron chi connectivity index (χ1n) is 8.35. The second-order valence-corrected chi connectivity index (χ2v) is 6.92. The number of nitrogens with zero attached hydrogens (tertiary/aromatic N) is 1. The van der Waals surface area contributed by atoms with E-state index in [1.165, 1.54) is 0 Å². The Morgan fingerprint density at radius 3 is 2.71 bits per heavy atom. The van der Waals surface area contributed by atoms with Gasteiger partial charge in [0.05, 0.1) is 17.6 Å². The third kappa shape index (κ3) is 2.86. The molecule has 0 spiro atoms. The van der Waals surface area contributed by atoms with Gasteiger partial charge < -0.3 is 14.8 Å². The molecule has 130 valence electrons. The largest absolute Gasteiger partial charge is 0.484 e. The second-order valence-electron chi connectivity index (χ2n) is 6.92. The summed E-state index contributed by atoms with van der Waals surface area (Å²) in [7, 11) is 0. The first-order chi connectivity index (χ1) is 11.3. The maximum absolute atomic E-state index is 11.4. The third-order valence-corrected chi connectivity index (χ3v) is 4.75. The summed E-state index contributed by atoms with van der Waals surface area (Å²) < 4.78 is 11.7. The van der Waals surface area contributed by atoms with E-state index in [0.29, 0.717) is 12.4 Å². The third-order valence-electron chi connectivity index (χ3n) is 4.75. The number of hydrogen-bond donors (Lipinski definition) is 1. The Labute approximate surface area is 142 Å². The van der Waals surface area contributed by atoms with E-state index in [2.05, 4.69) is 11.9 Å². The van der Waals surface area contributed by atoms with E-state index in [1.807, 2.05) is 26.8 Å². The van der Waals surface area contributed by atoms with Crippen LogP contribution in [-0.2, 0) is 10.2 Å². The van der Waals surface area contributed by atoms with Gasteiger partial charge in [-0.05, 0) is 50.8 Å². The molecule has 24 heavy (non-hydrogen) atoms. The van der Waals surface area contributed by atoms with Gasteiger partial charge in [-0.2, -0.15) is 0 Å². The van der Waals surface area contributed by atoms with Crippen molar-refractivity contribution in [3.63, 3.8) is 0 Å². The van der Waals surface area contributed by atoms with Gasteiger partial charge in [-0.15, -0.1) is 0 Å². The molecule has 3 rings (SSSR count). The van der Waals surface area contributed by atoms with Crippen molar-refractivity contribution >= 4 is 5.69 Å². The molecule has 1 saturated heterocycles. The van der Waals surface area contributed by atoms with Crippen molar-refractivity contribution < 1.29 is 14.4 Å². The van der Waals surface area contributed by atoms with Crippen LogP contribution in [0.15, 0.2) is 24.4 Å². The number of benzene rings is 1. The smallest absolute Gasteiger partial charge is 0.311 e. The molecular formula is C18H24N2O4. The first kappa shape index (κ1) is 16.8. The highest BCUT2D eigenvalue weighted by Crippen LogP contribution is 2.56. The number of ether oxygens (including phenoxy) is 2. The highest BCUT2D eigenvalue weighted by Gasteiger charge is 2.54. The minimum absolute atomic E-state index is 0.0160. The van der Waals surface area contributed by atoms with Crippen LogP contribution >= 0.6 is 0 Å². The van der Waals surface area contributed by atoms with E-state index in [1.54, 1.807) is 6.07 Å². The SMILES string of the molecule is C=C1NCCOC1C1(c2cc(OC(C)C)c([N+](=O)[O-])cc2C)CC1. The Balaban J connectivity index is 2.04. The van der Waals surface area contributed by atoms with Crippen LogP contribution in [0, 0.1) is 17.0 Å². The Morgan fingerprint density at radius 2 is 2.17 bits per heavy atom. The lowest BCUT2D eigenvalue weighted by molar-refractivity contribution is -0.386. The van der Waals surface area contributed by atoms with E-state index in [-0.39, 0.29) is 28.2 Å². The zero-order chi connectivity index (χ0) is 17.5. The maximum Gasteiger partial charge on any atom is 0.311 e. The van der Waals surface area contributed by atoms with Crippen molar-refractivity contribution in [1.29, 1.82) is 0 Å². The van der Waals surface area contributed by atoms with Gasteiger partial charge in [0.1, 0.15) is 6.10 Å². The number of aryl methyl sites for hydroxylation is 1. The molecule has 2 aliphatic rings. The van der Waals surface area contributed by atoms with E-state index in [9.17, 15) is 10.1 Å². The number of nitro groups is 1. The molecule has 0 aromatic heterocycles. The summed E-state index contributed by atoms with van der Waals surface area (Å²) >= 11 is 0. The molecule has 1 N–H and O–H groups in total. The van der Waals surface area contributed by atoms with Crippen LogP contribution < -0.4 is 10.1 Å². The number of nitrogens with one attached hydrogen (secondary N) is 1. The zero-order valence-corrected chi connectivity index (χ0v) is 14.4. The van der Waals surface area contributed by atoms with E-state index in [0.717, 1.165) is 36.2 Å². The van der Waals surface area contributed by atoms with Gasteiger partial charge in [0, 0.05) is 23.7 Å². The van der Waals surface area contributed by atoms with Gasteiger partial charge in [-0.3, -0.25) is 10.1 Å². The van der Waals surface area contributed by atoms with Crippen LogP contribution in [0.3, 0.4) is 0 Å². The number of hydrogen-bond acceptors (Lipinski definition) is 5. The zero-order valence-electron chi connectivity index (χ0n) is 14.4. The van der Waals surface area contributed by atoms with Crippen molar-refractivity contribution in [3.8, 4) is 5.75 Å². The van der Waals surface area contributed by atoms with Gasteiger partial charge in [0.2, 0.25) is 0 Å². The minimum atomic E-state index is -0.383. The molecule has 6 heteroatoms. The summed E-state index contributed by atoms with van der Waals surface area (Å²) in [6.45, 7) is 11.2. The highest BCUT2D eigenvalue weighted by atomic mass is 16.6. The van der Waals surface area contributed by atoms with Crippen molar-refractivity contribution in [3.05, 3.63) is 45.6 Å². The topological polar surface area (TPSA) is 73.6 Å². The average Bonchev–Trinajstić information content (AvgIpc) is 3.30. The molecule has 6 nitrogen and oxygen atoms in total. The summed E-state index contributed by atoms with van der Waals surface area (Å²) in [5, 5.41) is 14.6. The highest BCUT2D eigenvalue weighted by molar-refractivity contribution is 5.56. The monoisotopic (exact) mass is 332 g/mol. The van der Waals surface area contributed by atoms with Crippen LogP contribution in [0.2, 0.25) is 0 Å². The normalized spacial score (nSPS) is 22.2.